The van der Waals surface area contributed by atoms with Crippen LogP contribution in [0.4, 0.5) is 5.69 Å². The summed E-state index contributed by atoms with van der Waals surface area (Å²) in [7, 11) is 0. The van der Waals surface area contributed by atoms with Crippen molar-refractivity contribution in [3.05, 3.63) is 35.4 Å². The highest BCUT2D eigenvalue weighted by atomic mass is 35.5. The zero-order valence-electron chi connectivity index (χ0n) is 12.2. The molecular weight excluding hydrogens is 302 g/mol. The molecule has 4 heteroatoms. The van der Waals surface area contributed by atoms with Gasteiger partial charge >= 0.3 is 0 Å². The van der Waals surface area contributed by atoms with Gasteiger partial charge in [-0.3, -0.25) is 4.79 Å². The molecule has 2 nitrogen and oxygen atoms in total. The Kier molecular flexibility index (Phi) is 4.60. The van der Waals surface area contributed by atoms with Gasteiger partial charge in [0.25, 0.3) is 0 Å². The Balaban J connectivity index is 1.92. The summed E-state index contributed by atoms with van der Waals surface area (Å²) in [6.45, 7) is 3.01. The Morgan fingerprint density at radius 1 is 1.33 bits per heavy atom. The monoisotopic (exact) mass is 321 g/mol. The number of hydrogen-bond donors (Lipinski definition) is 0. The molecule has 21 heavy (non-hydrogen) atoms. The quantitative estimate of drug-likeness (QED) is 0.685. The Morgan fingerprint density at radius 3 is 2.95 bits per heavy atom. The van der Waals surface area contributed by atoms with Gasteiger partial charge in [0.1, 0.15) is 0 Å². The molecule has 1 aliphatic carbocycles. The third kappa shape index (κ3) is 3.29. The molecular formula is C17H20ClNOS. The van der Waals surface area contributed by atoms with Crippen molar-refractivity contribution < 1.29 is 4.79 Å². The van der Waals surface area contributed by atoms with Crippen LogP contribution < -0.4 is 4.90 Å². The summed E-state index contributed by atoms with van der Waals surface area (Å²) in [4.78, 5) is 16.1. The molecule has 0 saturated carbocycles. The van der Waals surface area contributed by atoms with Crippen molar-refractivity contribution in [2.45, 2.75) is 42.8 Å². The summed E-state index contributed by atoms with van der Waals surface area (Å²) < 4.78 is 0. The van der Waals surface area contributed by atoms with Crippen molar-refractivity contribution in [1.82, 2.24) is 0 Å². The summed E-state index contributed by atoms with van der Waals surface area (Å²) in [6.07, 6.45) is 8.18. The Hall–Kier alpha value is -0.930. The van der Waals surface area contributed by atoms with Crippen LogP contribution in [0.2, 0.25) is 5.02 Å². The summed E-state index contributed by atoms with van der Waals surface area (Å²) in [6, 6.07) is 5.90. The van der Waals surface area contributed by atoms with Crippen molar-refractivity contribution in [3.8, 4) is 0 Å². The topological polar surface area (TPSA) is 20.3 Å². The molecule has 1 aromatic rings. The van der Waals surface area contributed by atoms with Gasteiger partial charge in [-0.2, -0.15) is 0 Å². The van der Waals surface area contributed by atoms with Gasteiger partial charge in [-0.25, -0.2) is 0 Å². The van der Waals surface area contributed by atoms with Crippen LogP contribution in [0, 0.1) is 5.92 Å². The van der Waals surface area contributed by atoms with Gasteiger partial charge < -0.3 is 4.90 Å². The maximum absolute atomic E-state index is 12.9. The molecule has 0 fully saturated rings. The van der Waals surface area contributed by atoms with Crippen molar-refractivity contribution >= 4 is 35.0 Å². The standard InChI is InChI=1S/C17H20ClNOS/c1-12-9-10-19(17(20)13-5-3-2-4-6-13)15-11-14(18)7-8-16(15)21-12/h2-3,7-8,11-13H,4-6,9-10H2,1H3/t12-,13-/m0/s1. The summed E-state index contributed by atoms with van der Waals surface area (Å²) >= 11 is 8.01. The highest BCUT2D eigenvalue weighted by Gasteiger charge is 2.29. The zero-order chi connectivity index (χ0) is 14.8. The highest BCUT2D eigenvalue weighted by molar-refractivity contribution is 8.00. The normalized spacial score (nSPS) is 25.3. The first kappa shape index (κ1) is 15.0. The molecule has 0 aromatic heterocycles. The molecule has 1 heterocycles. The van der Waals surface area contributed by atoms with E-state index in [-0.39, 0.29) is 11.8 Å². The third-order valence-electron chi connectivity index (χ3n) is 4.18. The van der Waals surface area contributed by atoms with E-state index in [0.29, 0.717) is 10.3 Å². The van der Waals surface area contributed by atoms with Crippen molar-refractivity contribution in [3.63, 3.8) is 0 Å². The van der Waals surface area contributed by atoms with Gasteiger partial charge in [-0.05, 0) is 43.9 Å². The van der Waals surface area contributed by atoms with Crippen LogP contribution in [0.3, 0.4) is 0 Å². The molecule has 3 rings (SSSR count). The predicted octanol–water partition coefficient (Wildman–Crippen LogP) is 4.91. The van der Waals surface area contributed by atoms with Crippen LogP contribution in [0.25, 0.3) is 0 Å². The summed E-state index contributed by atoms with van der Waals surface area (Å²) in [5.41, 5.74) is 0.997. The molecule has 0 saturated heterocycles. The van der Waals surface area contributed by atoms with Crippen LogP contribution in [0.1, 0.15) is 32.6 Å². The van der Waals surface area contributed by atoms with Gasteiger partial charge in [0.15, 0.2) is 0 Å². The van der Waals surface area contributed by atoms with Crippen molar-refractivity contribution in [2.24, 2.45) is 5.92 Å². The zero-order valence-corrected chi connectivity index (χ0v) is 13.8. The number of anilines is 1. The fraction of sp³-hybridized carbons (Fsp3) is 0.471. The maximum atomic E-state index is 12.9. The number of amides is 1. The molecule has 0 radical (unpaired) electrons. The molecule has 1 amide bonds. The predicted molar refractivity (Wildman–Crippen MR) is 90.2 cm³/mol. The molecule has 2 aliphatic rings. The number of thioether (sulfide) groups is 1. The largest absolute Gasteiger partial charge is 0.311 e. The second-order valence-electron chi connectivity index (χ2n) is 5.80. The average Bonchev–Trinajstić information content (AvgIpc) is 2.66. The first-order chi connectivity index (χ1) is 10.1. The van der Waals surface area contributed by atoms with E-state index >= 15 is 0 Å². The molecule has 2 atom stereocenters. The number of benzene rings is 1. The van der Waals surface area contributed by atoms with E-state index in [1.807, 2.05) is 34.9 Å². The molecule has 1 aromatic carbocycles. The number of fused-ring (bicyclic) bond motifs is 1. The van der Waals surface area contributed by atoms with E-state index in [1.165, 1.54) is 4.90 Å². The molecule has 0 N–H and O–H groups in total. The van der Waals surface area contributed by atoms with E-state index < -0.39 is 0 Å². The smallest absolute Gasteiger partial charge is 0.230 e. The first-order valence-electron chi connectivity index (χ1n) is 7.58. The Labute approximate surface area is 135 Å². The van der Waals surface area contributed by atoms with Gasteiger partial charge in [0.05, 0.1) is 5.69 Å². The van der Waals surface area contributed by atoms with Crippen LogP contribution in [0.5, 0.6) is 0 Å². The lowest BCUT2D eigenvalue weighted by atomic mass is 9.93. The lowest BCUT2D eigenvalue weighted by Crippen LogP contribution is -2.37. The number of nitrogens with zero attached hydrogens (tertiary/aromatic N) is 1. The minimum absolute atomic E-state index is 0.125. The number of carbonyl (C=O) groups excluding carboxylic acids is 1. The molecule has 0 spiro atoms. The van der Waals surface area contributed by atoms with Crippen LogP contribution >= 0.6 is 23.4 Å². The summed E-state index contributed by atoms with van der Waals surface area (Å²) in [5, 5.41) is 1.22. The molecule has 1 aliphatic heterocycles. The van der Waals surface area contributed by atoms with E-state index in [0.717, 1.165) is 37.9 Å². The number of hydrogen-bond acceptors (Lipinski definition) is 2. The van der Waals surface area contributed by atoms with Crippen LogP contribution in [-0.4, -0.2) is 17.7 Å². The number of allylic oxidation sites excluding steroid dienone is 2. The second kappa shape index (κ2) is 6.45. The lowest BCUT2D eigenvalue weighted by molar-refractivity contribution is -0.122. The van der Waals surface area contributed by atoms with E-state index in [1.54, 1.807) is 0 Å². The van der Waals surface area contributed by atoms with Gasteiger partial charge in [0.2, 0.25) is 5.91 Å². The van der Waals surface area contributed by atoms with E-state index in [2.05, 4.69) is 19.1 Å². The highest BCUT2D eigenvalue weighted by Crippen LogP contribution is 2.40. The molecule has 0 bridgehead atoms. The molecule has 0 unspecified atom stereocenters. The second-order valence-corrected chi connectivity index (χ2v) is 7.72. The minimum Gasteiger partial charge on any atom is -0.311 e. The Morgan fingerprint density at radius 2 is 2.19 bits per heavy atom. The number of halogens is 1. The third-order valence-corrected chi connectivity index (χ3v) is 5.66. The van der Waals surface area contributed by atoms with Gasteiger partial charge in [-0.1, -0.05) is 30.7 Å². The fourth-order valence-corrected chi connectivity index (χ4v) is 4.23. The van der Waals surface area contributed by atoms with E-state index in [4.69, 9.17) is 11.6 Å². The van der Waals surface area contributed by atoms with Crippen LogP contribution in [0.15, 0.2) is 35.2 Å². The number of rotatable bonds is 1. The minimum atomic E-state index is 0.125. The van der Waals surface area contributed by atoms with Crippen molar-refractivity contribution in [1.29, 1.82) is 0 Å². The van der Waals surface area contributed by atoms with E-state index in [9.17, 15) is 4.79 Å². The lowest BCUT2D eigenvalue weighted by Gasteiger charge is -2.28. The van der Waals surface area contributed by atoms with Gasteiger partial charge in [0, 0.05) is 27.6 Å². The summed E-state index contributed by atoms with van der Waals surface area (Å²) in [5.74, 6) is 0.387. The fourth-order valence-electron chi connectivity index (χ4n) is 2.98. The van der Waals surface area contributed by atoms with Gasteiger partial charge in [-0.15, -0.1) is 11.8 Å². The van der Waals surface area contributed by atoms with Crippen molar-refractivity contribution in [2.75, 3.05) is 11.4 Å². The first-order valence-corrected chi connectivity index (χ1v) is 8.83. The van der Waals surface area contributed by atoms with Crippen LogP contribution in [-0.2, 0) is 4.79 Å². The average molecular weight is 322 g/mol. The molecule has 112 valence electrons. The SMILES string of the molecule is C[C@H]1CCN(C(=O)[C@H]2CC=CCC2)c2cc(Cl)ccc2S1. The maximum Gasteiger partial charge on any atom is 0.230 e. The number of carbonyl (C=O) groups is 1. The Bertz CT molecular complexity index is 572.